The second-order valence-corrected chi connectivity index (χ2v) is 8.32. The average molecular weight is 492 g/mol. The first-order valence-electron chi connectivity index (χ1n) is 11.7. The number of hydrogen-bond donors (Lipinski definition) is 2. The Bertz CT molecular complexity index is 1200. The SMILES string of the molecule is CCOc1cc(/C=N/NC(=O)C(NC(=O)c2ccccc2F)C(C)C)ccc1OCc1ccccc1. The molecule has 2 N–H and O–H groups in total. The van der Waals surface area contributed by atoms with E-state index < -0.39 is 23.7 Å². The summed E-state index contributed by atoms with van der Waals surface area (Å²) in [5, 5.41) is 6.60. The number of carbonyl (C=O) groups excluding carboxylic acids is 2. The van der Waals surface area contributed by atoms with Gasteiger partial charge in [0.2, 0.25) is 0 Å². The van der Waals surface area contributed by atoms with Crippen LogP contribution < -0.4 is 20.2 Å². The molecule has 0 saturated heterocycles. The molecular formula is C28H30FN3O4. The lowest BCUT2D eigenvalue weighted by molar-refractivity contribution is -0.123. The molecule has 7 nitrogen and oxygen atoms in total. The number of hydrogen-bond acceptors (Lipinski definition) is 5. The monoisotopic (exact) mass is 491 g/mol. The van der Waals surface area contributed by atoms with Crippen LogP contribution in [-0.2, 0) is 11.4 Å². The van der Waals surface area contributed by atoms with Gasteiger partial charge >= 0.3 is 0 Å². The van der Waals surface area contributed by atoms with Gasteiger partial charge < -0.3 is 14.8 Å². The maximum atomic E-state index is 13.9. The quantitative estimate of drug-likeness (QED) is 0.300. The molecule has 2 amide bonds. The molecule has 36 heavy (non-hydrogen) atoms. The van der Waals surface area contributed by atoms with Crippen molar-refractivity contribution < 1.29 is 23.5 Å². The molecule has 8 heteroatoms. The minimum absolute atomic E-state index is 0.127. The Labute approximate surface area is 210 Å². The summed E-state index contributed by atoms with van der Waals surface area (Å²) in [6.45, 7) is 6.29. The van der Waals surface area contributed by atoms with Crippen LogP contribution in [0.15, 0.2) is 77.9 Å². The fourth-order valence-electron chi connectivity index (χ4n) is 3.37. The third-order valence-corrected chi connectivity index (χ3v) is 5.25. The number of rotatable bonds is 11. The summed E-state index contributed by atoms with van der Waals surface area (Å²) < 4.78 is 25.5. The summed E-state index contributed by atoms with van der Waals surface area (Å²) in [6, 6.07) is 19.8. The summed E-state index contributed by atoms with van der Waals surface area (Å²) in [5.41, 5.74) is 4.04. The highest BCUT2D eigenvalue weighted by Gasteiger charge is 2.25. The lowest BCUT2D eigenvalue weighted by Gasteiger charge is -2.20. The molecule has 0 aromatic heterocycles. The number of benzene rings is 3. The molecule has 3 aromatic rings. The Morgan fingerprint density at radius 2 is 1.69 bits per heavy atom. The topological polar surface area (TPSA) is 89.0 Å². The zero-order valence-corrected chi connectivity index (χ0v) is 20.5. The van der Waals surface area contributed by atoms with Crippen LogP contribution in [0, 0.1) is 11.7 Å². The molecule has 0 bridgehead atoms. The Morgan fingerprint density at radius 1 is 0.972 bits per heavy atom. The van der Waals surface area contributed by atoms with E-state index >= 15 is 0 Å². The predicted octanol–water partition coefficient (Wildman–Crippen LogP) is 4.71. The standard InChI is InChI=1S/C28H30FN3O4/c1-4-35-25-16-21(14-15-24(25)36-18-20-10-6-5-7-11-20)17-30-32-28(34)26(19(2)3)31-27(33)22-12-8-9-13-23(22)29/h5-17,19,26H,4,18H2,1-3H3,(H,31,33)(H,32,34)/b30-17+. The van der Waals surface area contributed by atoms with E-state index in [4.69, 9.17) is 9.47 Å². The van der Waals surface area contributed by atoms with E-state index in [1.165, 1.54) is 24.4 Å². The molecular weight excluding hydrogens is 461 g/mol. The third kappa shape index (κ3) is 7.40. The Morgan fingerprint density at radius 3 is 2.39 bits per heavy atom. The van der Waals surface area contributed by atoms with Crippen LogP contribution in [0.3, 0.4) is 0 Å². The molecule has 3 rings (SSSR count). The van der Waals surface area contributed by atoms with Gasteiger partial charge in [0, 0.05) is 0 Å². The summed E-state index contributed by atoms with van der Waals surface area (Å²) in [7, 11) is 0. The Balaban J connectivity index is 1.64. The van der Waals surface area contributed by atoms with Gasteiger partial charge in [-0.2, -0.15) is 5.10 Å². The van der Waals surface area contributed by atoms with Crippen LogP contribution in [0.25, 0.3) is 0 Å². The van der Waals surface area contributed by atoms with E-state index in [0.29, 0.717) is 30.3 Å². The van der Waals surface area contributed by atoms with Gasteiger partial charge in [0.1, 0.15) is 18.5 Å². The lowest BCUT2D eigenvalue weighted by atomic mass is 10.0. The summed E-state index contributed by atoms with van der Waals surface area (Å²) in [4.78, 5) is 25.2. The third-order valence-electron chi connectivity index (χ3n) is 5.25. The van der Waals surface area contributed by atoms with Crippen LogP contribution in [0.4, 0.5) is 4.39 Å². The van der Waals surface area contributed by atoms with Crippen LogP contribution >= 0.6 is 0 Å². The molecule has 0 fully saturated rings. The molecule has 0 aliphatic rings. The van der Waals surface area contributed by atoms with E-state index in [1.807, 2.05) is 37.3 Å². The zero-order valence-electron chi connectivity index (χ0n) is 20.5. The van der Waals surface area contributed by atoms with E-state index in [9.17, 15) is 14.0 Å². The number of carbonyl (C=O) groups is 2. The van der Waals surface area contributed by atoms with Crippen molar-refractivity contribution >= 4 is 18.0 Å². The number of amides is 2. The minimum atomic E-state index is -0.901. The van der Waals surface area contributed by atoms with Crippen LogP contribution in [0.5, 0.6) is 11.5 Å². The number of halogens is 1. The van der Waals surface area contributed by atoms with Crippen molar-refractivity contribution in [1.82, 2.24) is 10.7 Å². The van der Waals surface area contributed by atoms with Crippen molar-refractivity contribution in [3.8, 4) is 11.5 Å². The molecule has 188 valence electrons. The van der Waals surface area contributed by atoms with Crippen molar-refractivity contribution in [3.63, 3.8) is 0 Å². The van der Waals surface area contributed by atoms with Crippen LogP contribution in [0.2, 0.25) is 0 Å². The smallest absolute Gasteiger partial charge is 0.262 e. The minimum Gasteiger partial charge on any atom is -0.490 e. The van der Waals surface area contributed by atoms with Gasteiger partial charge in [0.15, 0.2) is 11.5 Å². The molecule has 0 spiro atoms. The first kappa shape index (κ1) is 26.4. The van der Waals surface area contributed by atoms with Gasteiger partial charge in [0.25, 0.3) is 11.8 Å². The molecule has 1 unspecified atom stereocenters. The summed E-state index contributed by atoms with van der Waals surface area (Å²) in [6.07, 6.45) is 1.47. The van der Waals surface area contributed by atoms with Crippen LogP contribution in [-0.4, -0.2) is 30.7 Å². The highest BCUT2D eigenvalue weighted by molar-refractivity contribution is 5.98. The number of ether oxygens (including phenoxy) is 2. The molecule has 0 radical (unpaired) electrons. The Hall–Kier alpha value is -4.20. The zero-order chi connectivity index (χ0) is 25.9. The van der Waals surface area contributed by atoms with Gasteiger partial charge in [-0.05, 0) is 54.3 Å². The maximum absolute atomic E-state index is 13.9. The highest BCUT2D eigenvalue weighted by atomic mass is 19.1. The predicted molar refractivity (Wildman–Crippen MR) is 137 cm³/mol. The summed E-state index contributed by atoms with van der Waals surface area (Å²) in [5.74, 6) is -0.936. The highest BCUT2D eigenvalue weighted by Crippen LogP contribution is 2.29. The van der Waals surface area contributed by atoms with Gasteiger partial charge in [-0.3, -0.25) is 9.59 Å². The van der Waals surface area contributed by atoms with E-state index in [2.05, 4.69) is 15.8 Å². The second-order valence-electron chi connectivity index (χ2n) is 8.32. The average Bonchev–Trinajstić information content (AvgIpc) is 2.87. The lowest BCUT2D eigenvalue weighted by Crippen LogP contribution is -2.48. The molecule has 0 saturated carbocycles. The van der Waals surface area contributed by atoms with Gasteiger partial charge in [0.05, 0.1) is 18.4 Å². The van der Waals surface area contributed by atoms with Gasteiger partial charge in [-0.15, -0.1) is 0 Å². The maximum Gasteiger partial charge on any atom is 0.262 e. The van der Waals surface area contributed by atoms with E-state index in [1.54, 1.807) is 38.1 Å². The fourth-order valence-corrected chi connectivity index (χ4v) is 3.37. The van der Waals surface area contributed by atoms with E-state index in [0.717, 1.165) is 5.56 Å². The molecule has 1 atom stereocenters. The normalized spacial score (nSPS) is 11.8. The Kier molecular flexibility index (Phi) is 9.56. The van der Waals surface area contributed by atoms with Gasteiger partial charge in [-0.25, -0.2) is 9.82 Å². The first-order valence-corrected chi connectivity index (χ1v) is 11.7. The molecule has 0 heterocycles. The molecule has 3 aromatic carbocycles. The van der Waals surface area contributed by atoms with Gasteiger partial charge in [-0.1, -0.05) is 56.3 Å². The number of nitrogens with zero attached hydrogens (tertiary/aromatic N) is 1. The van der Waals surface area contributed by atoms with E-state index in [-0.39, 0.29) is 11.5 Å². The molecule has 0 aliphatic heterocycles. The number of nitrogens with one attached hydrogen (secondary N) is 2. The fraction of sp³-hybridized carbons (Fsp3) is 0.250. The van der Waals surface area contributed by atoms with Crippen molar-refractivity contribution in [2.45, 2.75) is 33.4 Å². The molecule has 0 aliphatic carbocycles. The number of hydrazone groups is 1. The van der Waals surface area contributed by atoms with Crippen molar-refractivity contribution in [2.24, 2.45) is 11.0 Å². The van der Waals surface area contributed by atoms with Crippen LogP contribution in [0.1, 0.15) is 42.3 Å². The van der Waals surface area contributed by atoms with Crippen molar-refractivity contribution in [3.05, 3.63) is 95.3 Å². The van der Waals surface area contributed by atoms with Crippen molar-refractivity contribution in [2.75, 3.05) is 6.61 Å². The van der Waals surface area contributed by atoms with Crippen molar-refractivity contribution in [1.29, 1.82) is 0 Å². The summed E-state index contributed by atoms with van der Waals surface area (Å²) >= 11 is 0. The first-order chi connectivity index (χ1) is 17.4. The second kappa shape index (κ2) is 13.0. The largest absolute Gasteiger partial charge is 0.490 e.